The lowest BCUT2D eigenvalue weighted by molar-refractivity contribution is -0.132. The maximum Gasteiger partial charge on any atom is 0.226 e. The van der Waals surface area contributed by atoms with Crippen molar-refractivity contribution in [2.45, 2.75) is 26.2 Å². The third-order valence-electron chi connectivity index (χ3n) is 3.80. The molecular weight excluding hydrogens is 236 g/mol. The van der Waals surface area contributed by atoms with Gasteiger partial charge in [-0.05, 0) is 44.8 Å². The first-order chi connectivity index (χ1) is 9.19. The first-order valence-corrected chi connectivity index (χ1v) is 7.17. The molecule has 0 unspecified atom stereocenters. The zero-order valence-corrected chi connectivity index (χ0v) is 12.0. The highest BCUT2D eigenvalue weighted by molar-refractivity contribution is 5.78. The number of hydrogen-bond acceptors (Lipinski definition) is 2. The quantitative estimate of drug-likeness (QED) is 0.898. The molecule has 1 aromatic rings. The van der Waals surface area contributed by atoms with Gasteiger partial charge in [-0.25, -0.2) is 0 Å². The highest BCUT2D eigenvalue weighted by Crippen LogP contribution is 2.17. The standard InChI is InChI=1S/C16H24N2O/c1-13-5-3-6-14(9-13)10-16(19)18-8-4-7-15(12-18)11-17-2/h3,5-6,9,15,17H,4,7-8,10-12H2,1-2H3/t15-/m0/s1. The van der Waals surface area contributed by atoms with Gasteiger partial charge in [0.25, 0.3) is 0 Å². The van der Waals surface area contributed by atoms with E-state index in [0.29, 0.717) is 12.3 Å². The molecule has 1 N–H and O–H groups in total. The van der Waals surface area contributed by atoms with E-state index in [0.717, 1.165) is 31.6 Å². The van der Waals surface area contributed by atoms with Gasteiger partial charge in [0.15, 0.2) is 0 Å². The third-order valence-corrected chi connectivity index (χ3v) is 3.80. The Labute approximate surface area is 116 Å². The van der Waals surface area contributed by atoms with E-state index in [-0.39, 0.29) is 5.91 Å². The predicted octanol–water partition coefficient (Wildman–Crippen LogP) is 2.00. The maximum absolute atomic E-state index is 12.3. The molecule has 0 spiro atoms. The number of hydrogen-bond donors (Lipinski definition) is 1. The van der Waals surface area contributed by atoms with Crippen molar-refractivity contribution in [2.75, 3.05) is 26.7 Å². The van der Waals surface area contributed by atoms with E-state index < -0.39 is 0 Å². The van der Waals surface area contributed by atoms with E-state index in [1.54, 1.807) is 0 Å². The van der Waals surface area contributed by atoms with Gasteiger partial charge in [-0.15, -0.1) is 0 Å². The van der Waals surface area contributed by atoms with Crippen molar-refractivity contribution in [3.63, 3.8) is 0 Å². The molecule has 1 aromatic carbocycles. The molecule has 0 aliphatic carbocycles. The summed E-state index contributed by atoms with van der Waals surface area (Å²) in [4.78, 5) is 14.4. The highest BCUT2D eigenvalue weighted by atomic mass is 16.2. The number of aryl methyl sites for hydroxylation is 1. The molecule has 0 saturated carbocycles. The Morgan fingerprint density at radius 3 is 3.05 bits per heavy atom. The van der Waals surface area contributed by atoms with Gasteiger partial charge < -0.3 is 10.2 Å². The van der Waals surface area contributed by atoms with Crippen molar-refractivity contribution >= 4 is 5.91 Å². The van der Waals surface area contributed by atoms with Crippen LogP contribution in [0.4, 0.5) is 0 Å². The van der Waals surface area contributed by atoms with Crippen molar-refractivity contribution in [1.82, 2.24) is 10.2 Å². The second kappa shape index (κ2) is 6.71. The normalized spacial score (nSPS) is 19.5. The minimum Gasteiger partial charge on any atom is -0.342 e. The third kappa shape index (κ3) is 4.06. The molecule has 1 heterocycles. The van der Waals surface area contributed by atoms with Crippen LogP contribution >= 0.6 is 0 Å². The van der Waals surface area contributed by atoms with Crippen LogP contribution in [-0.4, -0.2) is 37.5 Å². The summed E-state index contributed by atoms with van der Waals surface area (Å²) >= 11 is 0. The van der Waals surface area contributed by atoms with E-state index in [2.05, 4.69) is 24.4 Å². The van der Waals surface area contributed by atoms with Gasteiger partial charge in [-0.1, -0.05) is 29.8 Å². The van der Waals surface area contributed by atoms with Crippen LogP contribution in [0.3, 0.4) is 0 Å². The zero-order valence-electron chi connectivity index (χ0n) is 12.0. The number of benzene rings is 1. The summed E-state index contributed by atoms with van der Waals surface area (Å²) < 4.78 is 0. The molecule has 1 fully saturated rings. The number of carbonyl (C=O) groups excluding carboxylic acids is 1. The first-order valence-electron chi connectivity index (χ1n) is 7.17. The Morgan fingerprint density at radius 2 is 2.32 bits per heavy atom. The molecule has 0 bridgehead atoms. The summed E-state index contributed by atoms with van der Waals surface area (Å²) in [6.07, 6.45) is 2.90. The molecule has 2 rings (SSSR count). The summed E-state index contributed by atoms with van der Waals surface area (Å²) in [5.41, 5.74) is 2.35. The van der Waals surface area contributed by atoms with Crippen LogP contribution in [0.15, 0.2) is 24.3 Å². The molecule has 3 nitrogen and oxygen atoms in total. The smallest absolute Gasteiger partial charge is 0.226 e. The van der Waals surface area contributed by atoms with Crippen LogP contribution in [0.5, 0.6) is 0 Å². The molecule has 1 aliphatic heterocycles. The second-order valence-electron chi connectivity index (χ2n) is 5.57. The summed E-state index contributed by atoms with van der Waals surface area (Å²) in [6.45, 7) is 4.91. The van der Waals surface area contributed by atoms with E-state index in [1.165, 1.54) is 12.0 Å². The summed E-state index contributed by atoms with van der Waals surface area (Å²) in [7, 11) is 1.98. The Bertz CT molecular complexity index is 429. The number of likely N-dealkylation sites (tertiary alicyclic amines) is 1. The number of piperidine rings is 1. The average Bonchev–Trinajstić information content (AvgIpc) is 2.39. The van der Waals surface area contributed by atoms with Crippen molar-refractivity contribution in [2.24, 2.45) is 5.92 Å². The molecular formula is C16H24N2O. The lowest BCUT2D eigenvalue weighted by atomic mass is 9.97. The van der Waals surface area contributed by atoms with E-state index in [1.807, 2.05) is 24.1 Å². The fourth-order valence-electron chi connectivity index (χ4n) is 2.86. The highest BCUT2D eigenvalue weighted by Gasteiger charge is 2.23. The van der Waals surface area contributed by atoms with Crippen LogP contribution < -0.4 is 5.32 Å². The molecule has 0 radical (unpaired) electrons. The van der Waals surface area contributed by atoms with Gasteiger partial charge in [0.05, 0.1) is 6.42 Å². The van der Waals surface area contributed by atoms with Crippen LogP contribution in [0.25, 0.3) is 0 Å². The van der Waals surface area contributed by atoms with E-state index in [9.17, 15) is 4.79 Å². The average molecular weight is 260 g/mol. The molecule has 104 valence electrons. The fourth-order valence-corrected chi connectivity index (χ4v) is 2.86. The minimum absolute atomic E-state index is 0.270. The largest absolute Gasteiger partial charge is 0.342 e. The summed E-state index contributed by atoms with van der Waals surface area (Å²) in [5.74, 6) is 0.881. The van der Waals surface area contributed by atoms with Crippen molar-refractivity contribution in [3.05, 3.63) is 35.4 Å². The molecule has 3 heteroatoms. The summed E-state index contributed by atoms with van der Waals surface area (Å²) in [6, 6.07) is 8.24. The van der Waals surface area contributed by atoms with Crippen LogP contribution in [0.1, 0.15) is 24.0 Å². The number of nitrogens with one attached hydrogen (secondary N) is 1. The molecule has 19 heavy (non-hydrogen) atoms. The lowest BCUT2D eigenvalue weighted by Gasteiger charge is -2.32. The number of nitrogens with zero attached hydrogens (tertiary/aromatic N) is 1. The van der Waals surface area contributed by atoms with Gasteiger partial charge in [-0.3, -0.25) is 4.79 Å². The molecule has 1 aliphatic rings. The first kappa shape index (κ1) is 14.1. The van der Waals surface area contributed by atoms with Gasteiger partial charge >= 0.3 is 0 Å². The number of rotatable bonds is 4. The van der Waals surface area contributed by atoms with Gasteiger partial charge in [0.2, 0.25) is 5.91 Å². The topological polar surface area (TPSA) is 32.3 Å². The molecule has 1 saturated heterocycles. The van der Waals surface area contributed by atoms with E-state index >= 15 is 0 Å². The SMILES string of the molecule is CNC[C@@H]1CCCN(C(=O)Cc2cccc(C)c2)C1. The van der Waals surface area contributed by atoms with Crippen molar-refractivity contribution < 1.29 is 4.79 Å². The zero-order chi connectivity index (χ0) is 13.7. The van der Waals surface area contributed by atoms with Crippen LogP contribution in [0, 0.1) is 12.8 Å². The Balaban J connectivity index is 1.92. The van der Waals surface area contributed by atoms with Crippen LogP contribution in [0.2, 0.25) is 0 Å². The number of carbonyl (C=O) groups is 1. The van der Waals surface area contributed by atoms with Crippen molar-refractivity contribution in [1.29, 1.82) is 0 Å². The summed E-state index contributed by atoms with van der Waals surface area (Å²) in [5, 5.41) is 3.22. The molecule has 1 amide bonds. The van der Waals surface area contributed by atoms with Crippen molar-refractivity contribution in [3.8, 4) is 0 Å². The Hall–Kier alpha value is -1.35. The molecule has 0 aromatic heterocycles. The predicted molar refractivity (Wildman–Crippen MR) is 78.1 cm³/mol. The van der Waals surface area contributed by atoms with Crippen LogP contribution in [-0.2, 0) is 11.2 Å². The van der Waals surface area contributed by atoms with Gasteiger partial charge in [0, 0.05) is 13.1 Å². The Morgan fingerprint density at radius 1 is 1.47 bits per heavy atom. The second-order valence-corrected chi connectivity index (χ2v) is 5.57. The monoisotopic (exact) mass is 260 g/mol. The lowest BCUT2D eigenvalue weighted by Crippen LogP contribution is -2.43. The fraction of sp³-hybridized carbons (Fsp3) is 0.562. The van der Waals surface area contributed by atoms with Gasteiger partial charge in [-0.2, -0.15) is 0 Å². The van der Waals surface area contributed by atoms with Gasteiger partial charge in [0.1, 0.15) is 0 Å². The Kier molecular flexibility index (Phi) is 4.97. The van der Waals surface area contributed by atoms with E-state index in [4.69, 9.17) is 0 Å². The molecule has 1 atom stereocenters. The maximum atomic E-state index is 12.3. The number of amides is 1. The minimum atomic E-state index is 0.270.